The molecule has 112 valence electrons. The van der Waals surface area contributed by atoms with Crippen molar-refractivity contribution in [2.75, 3.05) is 0 Å². The smallest absolute Gasteiger partial charge is 0.0379 e. The van der Waals surface area contributed by atoms with Gasteiger partial charge in [0, 0.05) is 125 Å². The van der Waals surface area contributed by atoms with Gasteiger partial charge < -0.3 is 13.8 Å². The van der Waals surface area contributed by atoms with Crippen molar-refractivity contribution in [1.82, 2.24) is 0 Å². The fraction of sp³-hybridized carbons (Fsp3) is 0.846. The maximum absolute atomic E-state index is 3.25. The van der Waals surface area contributed by atoms with Crippen LogP contribution in [0.4, 0.5) is 0 Å². The minimum Gasteiger partial charge on any atom is -0.346 e. The van der Waals surface area contributed by atoms with E-state index in [1.807, 2.05) is 0 Å². The van der Waals surface area contributed by atoms with Gasteiger partial charge in [0.1, 0.15) is 0 Å². The van der Waals surface area contributed by atoms with Crippen LogP contribution in [0.1, 0.15) is 13.8 Å². The van der Waals surface area contributed by atoms with Gasteiger partial charge >= 0.3 is 0 Å². The van der Waals surface area contributed by atoms with Crippen LogP contribution in [0.3, 0.4) is 0 Å². The van der Waals surface area contributed by atoms with Crippen molar-refractivity contribution in [3.8, 4) is 0 Å². The van der Waals surface area contributed by atoms with E-state index in [1.165, 1.54) is 0 Å². The molecule has 0 amide bonds. The summed E-state index contributed by atoms with van der Waals surface area (Å²) in [5, 5.41) is 0. The zero-order valence-corrected chi connectivity index (χ0v) is 27.2. The van der Waals surface area contributed by atoms with Gasteiger partial charge in [-0.05, 0) is 0 Å². The van der Waals surface area contributed by atoms with E-state index in [0.29, 0.717) is 0 Å². The van der Waals surface area contributed by atoms with Gasteiger partial charge in [0.15, 0.2) is 0 Å². The molecule has 0 aromatic heterocycles. The molecule has 0 aliphatic carbocycles. The molecule has 0 aromatic carbocycles. The van der Waals surface area contributed by atoms with E-state index in [4.69, 9.17) is 0 Å². The third-order valence-electron chi connectivity index (χ3n) is 0. The molecule has 19 heavy (non-hydrogen) atoms. The van der Waals surface area contributed by atoms with Crippen LogP contribution in [-0.4, -0.2) is 26.4 Å². The van der Waals surface area contributed by atoms with E-state index in [0.717, 1.165) is 0 Å². The summed E-state index contributed by atoms with van der Waals surface area (Å²) in [7, 11) is 0.361. The van der Waals surface area contributed by atoms with Crippen molar-refractivity contribution in [1.29, 1.82) is 0 Å². The molecular weight excluding hydrogens is 507 g/mol. The van der Waals surface area contributed by atoms with Gasteiger partial charge in [0.05, 0.1) is 0 Å². The molecular formula is C13H37Si3Y3-2. The first-order valence-electron chi connectivity index (χ1n) is 5.91. The third kappa shape index (κ3) is 557. The minimum absolute atomic E-state index is 0. The molecule has 6 heteroatoms. The summed E-state index contributed by atoms with van der Waals surface area (Å²) in [4.78, 5) is 0. The second kappa shape index (κ2) is 57.4. The average Bonchev–Trinajstić information content (AvgIpc) is 2.07. The quantitative estimate of drug-likeness (QED) is 0.268. The predicted molar refractivity (Wildman–Crippen MR) is 92.1 cm³/mol. The fourth-order valence-corrected chi connectivity index (χ4v) is 0. The Kier molecular flexibility index (Phi) is 150. The van der Waals surface area contributed by atoms with Gasteiger partial charge in [0.25, 0.3) is 0 Å². The predicted octanol–water partition coefficient (Wildman–Crippen LogP) is 5.79. The molecule has 0 bridgehead atoms. The monoisotopic (exact) mass is 544 g/mol. The zero-order valence-electron chi connectivity index (χ0n) is 15.6. The average molecular weight is 544 g/mol. The second-order valence-electron chi connectivity index (χ2n) is 4.50. The molecule has 0 saturated heterocycles. The van der Waals surface area contributed by atoms with Crippen LogP contribution in [-0.2, 0) is 98.1 Å². The van der Waals surface area contributed by atoms with Crippen molar-refractivity contribution in [2.24, 2.45) is 0 Å². The molecule has 0 atom stereocenters. The number of hydrogen-bond acceptors (Lipinski definition) is 0. The van der Waals surface area contributed by atoms with E-state index in [9.17, 15) is 0 Å². The summed E-state index contributed by atoms with van der Waals surface area (Å²) < 4.78 is 0. The summed E-state index contributed by atoms with van der Waals surface area (Å²) in [6.45, 7) is 30.4. The van der Waals surface area contributed by atoms with Crippen LogP contribution in [0.25, 0.3) is 0 Å². The van der Waals surface area contributed by atoms with Gasteiger partial charge in [-0.25, -0.2) is 0 Å². The molecule has 0 rings (SSSR count). The van der Waals surface area contributed by atoms with Crippen LogP contribution in [0.5, 0.6) is 0 Å². The Morgan fingerprint density at radius 2 is 0.368 bits per heavy atom. The first-order chi connectivity index (χ1) is 7.20. The van der Waals surface area contributed by atoms with Gasteiger partial charge in [-0.3, -0.25) is 0 Å². The molecule has 6 radical (unpaired) electrons. The number of rotatable bonds is 0. The van der Waals surface area contributed by atoms with E-state index in [1.54, 1.807) is 13.8 Å². The van der Waals surface area contributed by atoms with Crippen molar-refractivity contribution in [3.63, 3.8) is 0 Å². The molecule has 0 nitrogen and oxygen atoms in total. The van der Waals surface area contributed by atoms with Gasteiger partial charge in [-0.2, -0.15) is 13.8 Å². The molecule has 0 saturated carbocycles. The Bertz CT molecular complexity index is 51.6. The number of hydrogen-bond donors (Lipinski definition) is 0. The van der Waals surface area contributed by atoms with Crippen LogP contribution in [0.2, 0.25) is 58.9 Å². The Labute approximate surface area is 207 Å². The van der Waals surface area contributed by atoms with Gasteiger partial charge in [-0.1, -0.05) is 58.9 Å². The van der Waals surface area contributed by atoms with Gasteiger partial charge in [0.2, 0.25) is 0 Å². The SMILES string of the molecule is C[Si](C)C.C[Si](C)C.C[Si](C)C.[CH2-]C.[CH2-]C.[Y].[Y].[Y]. The first-order valence-corrected chi connectivity index (χ1v) is 14.9. The Morgan fingerprint density at radius 3 is 0.368 bits per heavy atom. The van der Waals surface area contributed by atoms with E-state index in [-0.39, 0.29) is 125 Å². The summed E-state index contributed by atoms with van der Waals surface area (Å²) in [6.07, 6.45) is 0. The minimum atomic E-state index is 0. The van der Waals surface area contributed by atoms with Crippen LogP contribution >= 0.6 is 0 Å². The molecule has 0 spiro atoms. The maximum Gasteiger partial charge on any atom is 0.0379 e. The van der Waals surface area contributed by atoms with Crippen molar-refractivity contribution in [3.05, 3.63) is 13.8 Å². The third-order valence-corrected chi connectivity index (χ3v) is 0. The van der Waals surface area contributed by atoms with Crippen molar-refractivity contribution in [2.45, 2.75) is 72.8 Å². The zero-order chi connectivity index (χ0) is 14.7. The molecule has 0 aliphatic heterocycles. The van der Waals surface area contributed by atoms with Crippen LogP contribution in [0, 0.1) is 13.8 Å². The first kappa shape index (κ1) is 49.5. The van der Waals surface area contributed by atoms with E-state index in [2.05, 4.69) is 72.8 Å². The summed E-state index contributed by atoms with van der Waals surface area (Å²) in [5.41, 5.74) is 0. The summed E-state index contributed by atoms with van der Waals surface area (Å²) >= 11 is 0. The summed E-state index contributed by atoms with van der Waals surface area (Å²) in [5.74, 6) is 0. The standard InChI is InChI=1S/3C3H9Si.2C2H5.3Y/c3*1-4(2)3;2*1-2;;;/h3*1-3H3;2*1H2,2H3;;;/q;;;2*-1;;;. The molecule has 0 N–H and O–H groups in total. The summed E-state index contributed by atoms with van der Waals surface area (Å²) in [6, 6.07) is 0. The van der Waals surface area contributed by atoms with Crippen molar-refractivity contribution >= 4 is 26.4 Å². The Morgan fingerprint density at radius 1 is 0.368 bits per heavy atom. The van der Waals surface area contributed by atoms with E-state index >= 15 is 0 Å². The second-order valence-corrected chi connectivity index (χ2v) is 13.5. The normalized spacial score (nSPS) is 6.32. The van der Waals surface area contributed by atoms with Crippen LogP contribution < -0.4 is 0 Å². The largest absolute Gasteiger partial charge is 0.346 e. The molecule has 0 unspecified atom stereocenters. The Balaban J connectivity index is -0.0000000132. The molecule has 0 fully saturated rings. The maximum atomic E-state index is 3.25. The van der Waals surface area contributed by atoms with Crippen LogP contribution in [0.15, 0.2) is 0 Å². The molecule has 0 heterocycles. The van der Waals surface area contributed by atoms with Gasteiger partial charge in [-0.15, -0.1) is 0 Å². The van der Waals surface area contributed by atoms with Crippen molar-refractivity contribution < 1.29 is 98.1 Å². The van der Waals surface area contributed by atoms with E-state index < -0.39 is 0 Å². The topological polar surface area (TPSA) is 0 Å². The molecule has 0 aliphatic rings. The Hall–Kier alpha value is 3.96. The fourth-order valence-electron chi connectivity index (χ4n) is 0. The molecule has 0 aromatic rings.